The average Bonchev–Trinajstić information content (AvgIpc) is 2.29. The number of rotatable bonds is 3. The fourth-order valence-corrected chi connectivity index (χ4v) is 1.10. The Morgan fingerprint density at radius 2 is 2.29 bits per heavy atom. The molecule has 0 bridgehead atoms. The summed E-state index contributed by atoms with van der Waals surface area (Å²) in [5.41, 5.74) is 0.303. The van der Waals surface area contributed by atoms with Crippen molar-refractivity contribution in [3.8, 4) is 17.6 Å². The third kappa shape index (κ3) is 4.03. The summed E-state index contributed by atoms with van der Waals surface area (Å²) in [6.07, 6.45) is -0.626. The molecule has 1 amide bonds. The van der Waals surface area contributed by atoms with E-state index in [1.807, 2.05) is 19.9 Å². The lowest BCUT2D eigenvalue weighted by molar-refractivity contribution is 0.197. The summed E-state index contributed by atoms with van der Waals surface area (Å²) in [5.74, 6) is 0.117. The van der Waals surface area contributed by atoms with Gasteiger partial charge in [0.15, 0.2) is 11.5 Å². The van der Waals surface area contributed by atoms with Crippen molar-refractivity contribution in [1.29, 1.82) is 5.26 Å². The normalized spacial score (nSPS) is 9.76. The Balaban J connectivity index is 2.63. The van der Waals surface area contributed by atoms with Crippen molar-refractivity contribution in [2.24, 2.45) is 5.92 Å². The molecule has 0 unspecified atom stereocenters. The first-order chi connectivity index (χ1) is 8.02. The van der Waals surface area contributed by atoms with Crippen molar-refractivity contribution in [3.63, 3.8) is 0 Å². The molecule has 0 aliphatic carbocycles. The molecule has 0 aliphatic heterocycles. The van der Waals surface area contributed by atoms with Crippen LogP contribution in [0.3, 0.4) is 0 Å². The van der Waals surface area contributed by atoms with Gasteiger partial charge in [0.05, 0.1) is 11.6 Å². The van der Waals surface area contributed by atoms with Gasteiger partial charge < -0.3 is 15.2 Å². The van der Waals surface area contributed by atoms with Crippen molar-refractivity contribution in [2.75, 3.05) is 6.54 Å². The number of phenolic OH excluding ortho intramolecular Hbond substituents is 1. The first-order valence-corrected chi connectivity index (χ1v) is 5.21. The second-order valence-electron chi connectivity index (χ2n) is 3.96. The zero-order valence-electron chi connectivity index (χ0n) is 9.73. The van der Waals surface area contributed by atoms with Gasteiger partial charge in [0.2, 0.25) is 0 Å². The number of nitrogens with one attached hydrogen (secondary N) is 1. The third-order valence-electron chi connectivity index (χ3n) is 1.95. The summed E-state index contributed by atoms with van der Waals surface area (Å²) < 4.78 is 4.89. The number of hydrogen-bond donors (Lipinski definition) is 2. The fraction of sp³-hybridized carbons (Fsp3) is 0.333. The van der Waals surface area contributed by atoms with Crippen molar-refractivity contribution in [3.05, 3.63) is 23.8 Å². The average molecular weight is 234 g/mol. The van der Waals surface area contributed by atoms with Crippen LogP contribution >= 0.6 is 0 Å². The number of amides is 1. The number of hydrogen-bond acceptors (Lipinski definition) is 4. The second kappa shape index (κ2) is 5.75. The Bertz CT molecular complexity index is 450. The largest absolute Gasteiger partial charge is 0.504 e. The predicted molar refractivity (Wildman–Crippen MR) is 61.7 cm³/mol. The molecule has 2 N–H and O–H groups in total. The van der Waals surface area contributed by atoms with E-state index in [2.05, 4.69) is 5.32 Å². The van der Waals surface area contributed by atoms with Crippen LogP contribution in [-0.4, -0.2) is 17.7 Å². The highest BCUT2D eigenvalue weighted by atomic mass is 16.6. The number of carbonyl (C=O) groups excluding carboxylic acids is 1. The highest BCUT2D eigenvalue weighted by Gasteiger charge is 2.09. The number of nitriles is 1. The van der Waals surface area contributed by atoms with Gasteiger partial charge in [-0.15, -0.1) is 0 Å². The number of phenols is 1. The zero-order chi connectivity index (χ0) is 12.8. The van der Waals surface area contributed by atoms with Crippen LogP contribution < -0.4 is 10.1 Å². The Morgan fingerprint density at radius 1 is 1.59 bits per heavy atom. The Labute approximate surface area is 99.6 Å². The second-order valence-corrected chi connectivity index (χ2v) is 3.96. The Kier molecular flexibility index (Phi) is 4.35. The van der Waals surface area contributed by atoms with Crippen LogP contribution in [-0.2, 0) is 0 Å². The number of aromatic hydroxyl groups is 1. The van der Waals surface area contributed by atoms with E-state index in [1.54, 1.807) is 0 Å². The first-order valence-electron chi connectivity index (χ1n) is 5.21. The minimum absolute atomic E-state index is 0.0326. The topological polar surface area (TPSA) is 82.3 Å². The van der Waals surface area contributed by atoms with Gasteiger partial charge in [-0.25, -0.2) is 4.79 Å². The van der Waals surface area contributed by atoms with Gasteiger partial charge in [-0.3, -0.25) is 0 Å². The van der Waals surface area contributed by atoms with Crippen molar-refractivity contribution < 1.29 is 14.6 Å². The van der Waals surface area contributed by atoms with Gasteiger partial charge in [0.25, 0.3) is 0 Å². The summed E-state index contributed by atoms with van der Waals surface area (Å²) in [6, 6.07) is 5.95. The maximum atomic E-state index is 11.3. The minimum atomic E-state index is -0.626. The number of benzene rings is 1. The molecule has 1 aromatic rings. The zero-order valence-corrected chi connectivity index (χ0v) is 9.73. The molecule has 5 nitrogen and oxygen atoms in total. The lowest BCUT2D eigenvalue weighted by Gasteiger charge is -2.09. The van der Waals surface area contributed by atoms with E-state index in [4.69, 9.17) is 10.00 Å². The molecule has 0 heterocycles. The molecule has 17 heavy (non-hydrogen) atoms. The molecule has 0 atom stereocenters. The fourth-order valence-electron chi connectivity index (χ4n) is 1.10. The molecule has 0 aliphatic rings. The van der Waals surface area contributed by atoms with E-state index in [-0.39, 0.29) is 11.5 Å². The lowest BCUT2D eigenvalue weighted by atomic mass is 10.2. The number of nitrogens with zero attached hydrogens (tertiary/aromatic N) is 1. The molecule has 0 saturated carbocycles. The number of carbonyl (C=O) groups is 1. The SMILES string of the molecule is CC(C)CNC(=O)Oc1ccc(C#N)cc1O. The molecule has 0 saturated heterocycles. The van der Waals surface area contributed by atoms with E-state index in [1.165, 1.54) is 18.2 Å². The standard InChI is InChI=1S/C12H14N2O3/c1-8(2)7-14-12(16)17-11-4-3-9(6-13)5-10(11)15/h3-5,8,15H,7H2,1-2H3,(H,14,16). The molecule has 0 fully saturated rings. The van der Waals surface area contributed by atoms with Gasteiger partial charge in [-0.2, -0.15) is 5.26 Å². The van der Waals surface area contributed by atoms with Crippen LogP contribution in [0.2, 0.25) is 0 Å². The van der Waals surface area contributed by atoms with E-state index >= 15 is 0 Å². The highest BCUT2D eigenvalue weighted by Crippen LogP contribution is 2.26. The molecular weight excluding hydrogens is 220 g/mol. The molecule has 0 radical (unpaired) electrons. The van der Waals surface area contributed by atoms with Crippen LogP contribution in [0.1, 0.15) is 19.4 Å². The quantitative estimate of drug-likeness (QED) is 0.838. The van der Waals surface area contributed by atoms with Crippen molar-refractivity contribution in [1.82, 2.24) is 5.32 Å². The van der Waals surface area contributed by atoms with E-state index < -0.39 is 6.09 Å². The van der Waals surface area contributed by atoms with Gasteiger partial charge in [-0.05, 0) is 18.1 Å². The molecule has 0 spiro atoms. The maximum Gasteiger partial charge on any atom is 0.412 e. The molecular formula is C12H14N2O3. The summed E-state index contributed by atoms with van der Waals surface area (Å²) in [4.78, 5) is 11.3. The van der Waals surface area contributed by atoms with Crippen LogP contribution in [0.15, 0.2) is 18.2 Å². The summed E-state index contributed by atoms with van der Waals surface area (Å²) in [6.45, 7) is 4.41. The Hall–Kier alpha value is -2.22. The van der Waals surface area contributed by atoms with E-state index in [0.717, 1.165) is 0 Å². The van der Waals surface area contributed by atoms with E-state index in [9.17, 15) is 9.90 Å². The van der Waals surface area contributed by atoms with Crippen LogP contribution in [0, 0.1) is 17.2 Å². The van der Waals surface area contributed by atoms with Crippen LogP contribution in [0.4, 0.5) is 4.79 Å². The molecule has 5 heteroatoms. The molecule has 1 rings (SSSR count). The summed E-state index contributed by atoms with van der Waals surface area (Å²) in [5, 5.41) is 20.6. The van der Waals surface area contributed by atoms with Gasteiger partial charge in [0, 0.05) is 12.6 Å². The lowest BCUT2D eigenvalue weighted by Crippen LogP contribution is -2.30. The maximum absolute atomic E-state index is 11.3. The highest BCUT2D eigenvalue weighted by molar-refractivity contribution is 5.71. The monoisotopic (exact) mass is 234 g/mol. The predicted octanol–water partition coefficient (Wildman–Crippen LogP) is 2.01. The van der Waals surface area contributed by atoms with Gasteiger partial charge in [-0.1, -0.05) is 13.8 Å². The third-order valence-corrected chi connectivity index (χ3v) is 1.95. The minimum Gasteiger partial charge on any atom is -0.504 e. The molecule has 90 valence electrons. The van der Waals surface area contributed by atoms with Crippen molar-refractivity contribution in [2.45, 2.75) is 13.8 Å². The van der Waals surface area contributed by atoms with Gasteiger partial charge in [0.1, 0.15) is 0 Å². The Morgan fingerprint density at radius 3 is 2.82 bits per heavy atom. The summed E-state index contributed by atoms with van der Waals surface area (Å²) in [7, 11) is 0. The molecule has 0 aromatic heterocycles. The number of ether oxygens (including phenoxy) is 1. The molecule has 1 aromatic carbocycles. The van der Waals surface area contributed by atoms with Crippen LogP contribution in [0.25, 0.3) is 0 Å². The van der Waals surface area contributed by atoms with Crippen molar-refractivity contribution >= 4 is 6.09 Å². The van der Waals surface area contributed by atoms with Crippen LogP contribution in [0.5, 0.6) is 11.5 Å². The first kappa shape index (κ1) is 12.8. The summed E-state index contributed by atoms with van der Waals surface area (Å²) >= 11 is 0. The van der Waals surface area contributed by atoms with E-state index in [0.29, 0.717) is 18.0 Å². The smallest absolute Gasteiger partial charge is 0.412 e. The van der Waals surface area contributed by atoms with Gasteiger partial charge >= 0.3 is 6.09 Å².